The van der Waals surface area contributed by atoms with Gasteiger partial charge in [0, 0.05) is 11.1 Å². The molecule has 0 aliphatic rings. The Morgan fingerprint density at radius 1 is 1.25 bits per heavy atom. The van der Waals surface area contributed by atoms with Crippen LogP contribution in [0.3, 0.4) is 0 Å². The summed E-state index contributed by atoms with van der Waals surface area (Å²) in [7, 11) is 0. The third-order valence-corrected chi connectivity index (χ3v) is 1.55. The number of hydrogen-bond acceptors (Lipinski definition) is 2. The Morgan fingerprint density at radius 2 is 1.83 bits per heavy atom. The van der Waals surface area contributed by atoms with Gasteiger partial charge in [0.25, 0.3) is 0 Å². The second-order valence-corrected chi connectivity index (χ2v) is 2.50. The second-order valence-electron chi connectivity index (χ2n) is 2.50. The van der Waals surface area contributed by atoms with E-state index in [1.54, 1.807) is 18.2 Å². The maximum atomic E-state index is 10.9. The highest BCUT2D eigenvalue weighted by molar-refractivity contribution is 5.98. The van der Waals surface area contributed by atoms with Gasteiger partial charge in [-0.3, -0.25) is 9.59 Å². The first-order chi connectivity index (χ1) is 5.61. The van der Waals surface area contributed by atoms with Gasteiger partial charge < -0.3 is 5.73 Å². The van der Waals surface area contributed by atoms with Crippen molar-refractivity contribution >= 4 is 11.7 Å². The van der Waals surface area contributed by atoms with Crippen LogP contribution in [0.4, 0.5) is 0 Å². The number of carbonyl (C=O) groups is 2. The van der Waals surface area contributed by atoms with Crippen molar-refractivity contribution in [3.05, 3.63) is 35.4 Å². The van der Waals surface area contributed by atoms with Crippen molar-refractivity contribution in [1.82, 2.24) is 0 Å². The highest BCUT2D eigenvalue weighted by atomic mass is 16.1. The Kier molecular flexibility index (Phi) is 2.24. The van der Waals surface area contributed by atoms with Crippen LogP contribution in [0.25, 0.3) is 0 Å². The molecular weight excluding hydrogens is 154 g/mol. The molecule has 0 aliphatic carbocycles. The van der Waals surface area contributed by atoms with Gasteiger partial charge in [-0.1, -0.05) is 12.1 Å². The zero-order valence-corrected chi connectivity index (χ0v) is 6.70. The predicted molar refractivity (Wildman–Crippen MR) is 45.0 cm³/mol. The predicted octanol–water partition coefficient (Wildman–Crippen LogP) is 0.988. The lowest BCUT2D eigenvalue weighted by Crippen LogP contribution is -2.11. The number of carbonyl (C=O) groups excluding carboxylic acids is 2. The van der Waals surface area contributed by atoms with Crippen molar-refractivity contribution in [2.75, 3.05) is 0 Å². The minimum Gasteiger partial charge on any atom is -0.366 e. The topological polar surface area (TPSA) is 60.2 Å². The van der Waals surface area contributed by atoms with E-state index in [9.17, 15) is 9.59 Å². The van der Waals surface area contributed by atoms with Gasteiger partial charge in [-0.15, -0.1) is 0 Å². The summed E-state index contributed by atoms with van der Waals surface area (Å²) in [6.45, 7) is 1.44. The molecule has 0 unspecified atom stereocenters. The zero-order chi connectivity index (χ0) is 9.14. The van der Waals surface area contributed by atoms with Gasteiger partial charge in [0.2, 0.25) is 5.91 Å². The molecule has 0 spiro atoms. The molecule has 0 aliphatic heterocycles. The van der Waals surface area contributed by atoms with Crippen LogP contribution in [0.5, 0.6) is 0 Å². The van der Waals surface area contributed by atoms with Crippen LogP contribution in [-0.2, 0) is 0 Å². The lowest BCUT2D eigenvalue weighted by Gasteiger charge is -1.97. The van der Waals surface area contributed by atoms with E-state index < -0.39 is 5.91 Å². The number of ketones is 1. The van der Waals surface area contributed by atoms with Gasteiger partial charge >= 0.3 is 0 Å². The van der Waals surface area contributed by atoms with E-state index in [-0.39, 0.29) is 5.78 Å². The molecule has 0 aromatic heterocycles. The van der Waals surface area contributed by atoms with Crippen LogP contribution in [0.1, 0.15) is 27.6 Å². The molecular formula is C9H9NO2. The number of benzene rings is 1. The van der Waals surface area contributed by atoms with Crippen molar-refractivity contribution in [3.8, 4) is 0 Å². The Labute approximate surface area is 70.2 Å². The third kappa shape index (κ3) is 1.69. The molecule has 3 heteroatoms. The number of rotatable bonds is 2. The smallest absolute Gasteiger partial charge is 0.248 e. The van der Waals surface area contributed by atoms with Crippen molar-refractivity contribution in [1.29, 1.82) is 0 Å². The molecule has 1 amide bonds. The number of amides is 1. The number of hydrogen-bond donors (Lipinski definition) is 1. The third-order valence-electron chi connectivity index (χ3n) is 1.55. The van der Waals surface area contributed by atoms with Crippen LogP contribution >= 0.6 is 0 Å². The lowest BCUT2D eigenvalue weighted by molar-refractivity contribution is 0.1000. The Balaban J connectivity index is 3.12. The van der Waals surface area contributed by atoms with E-state index in [0.717, 1.165) is 0 Å². The summed E-state index contributed by atoms with van der Waals surface area (Å²) < 4.78 is 0. The van der Waals surface area contributed by atoms with Gasteiger partial charge in [0.05, 0.1) is 0 Å². The van der Waals surface area contributed by atoms with Crippen molar-refractivity contribution in [2.24, 2.45) is 5.73 Å². The molecule has 62 valence electrons. The van der Waals surface area contributed by atoms with Crippen LogP contribution in [-0.4, -0.2) is 11.7 Å². The van der Waals surface area contributed by atoms with E-state index in [1.807, 2.05) is 0 Å². The van der Waals surface area contributed by atoms with Crippen molar-refractivity contribution < 1.29 is 9.59 Å². The Bertz CT molecular complexity index is 302. The summed E-state index contributed by atoms with van der Waals surface area (Å²) in [6.07, 6.45) is 0. The fourth-order valence-electron chi connectivity index (χ4n) is 0.891. The SMILES string of the molecule is CC(=O)c1cccc(C(N)=O)c1. The van der Waals surface area contributed by atoms with Gasteiger partial charge in [-0.25, -0.2) is 0 Å². The highest BCUT2D eigenvalue weighted by Crippen LogP contribution is 2.04. The summed E-state index contributed by atoms with van der Waals surface area (Å²) in [5.41, 5.74) is 5.90. The second kappa shape index (κ2) is 3.17. The maximum absolute atomic E-state index is 10.9. The van der Waals surface area contributed by atoms with E-state index in [4.69, 9.17) is 5.73 Å². The molecule has 1 rings (SSSR count). The maximum Gasteiger partial charge on any atom is 0.248 e. The number of primary amides is 1. The largest absolute Gasteiger partial charge is 0.366 e. The molecule has 0 heterocycles. The molecule has 0 saturated heterocycles. The van der Waals surface area contributed by atoms with Crippen LogP contribution in [0.15, 0.2) is 24.3 Å². The fourth-order valence-corrected chi connectivity index (χ4v) is 0.891. The zero-order valence-electron chi connectivity index (χ0n) is 6.70. The van der Waals surface area contributed by atoms with Gasteiger partial charge in [-0.2, -0.15) is 0 Å². The number of Topliss-reactive ketones (excluding diaryl/α,β-unsaturated/α-hetero) is 1. The molecule has 0 fully saturated rings. The highest BCUT2D eigenvalue weighted by Gasteiger charge is 2.03. The van der Waals surface area contributed by atoms with Crippen LogP contribution < -0.4 is 5.73 Å². The first-order valence-electron chi connectivity index (χ1n) is 3.52. The quantitative estimate of drug-likeness (QED) is 0.661. The minimum atomic E-state index is -0.516. The first kappa shape index (κ1) is 8.46. The number of nitrogens with two attached hydrogens (primary N) is 1. The van der Waals surface area contributed by atoms with Crippen molar-refractivity contribution in [3.63, 3.8) is 0 Å². The Morgan fingerprint density at radius 3 is 2.33 bits per heavy atom. The van der Waals surface area contributed by atoms with Crippen LogP contribution in [0, 0.1) is 0 Å². The molecule has 0 saturated carbocycles. The molecule has 0 bridgehead atoms. The standard InChI is InChI=1S/C9H9NO2/c1-6(11)7-3-2-4-8(5-7)9(10)12/h2-5H,1H3,(H2,10,12). The summed E-state index contributed by atoms with van der Waals surface area (Å²) in [5, 5.41) is 0. The van der Waals surface area contributed by atoms with Crippen LogP contribution in [0.2, 0.25) is 0 Å². The molecule has 2 N–H and O–H groups in total. The molecule has 1 aromatic carbocycles. The fraction of sp³-hybridized carbons (Fsp3) is 0.111. The molecule has 12 heavy (non-hydrogen) atoms. The molecule has 3 nitrogen and oxygen atoms in total. The van der Waals surface area contributed by atoms with E-state index in [1.165, 1.54) is 13.0 Å². The van der Waals surface area contributed by atoms with Gasteiger partial charge in [0.15, 0.2) is 5.78 Å². The molecule has 1 aromatic rings. The average Bonchev–Trinajstić information content (AvgIpc) is 2.04. The minimum absolute atomic E-state index is 0.0712. The average molecular weight is 163 g/mol. The summed E-state index contributed by atoms with van der Waals surface area (Å²) in [6, 6.07) is 6.35. The summed E-state index contributed by atoms with van der Waals surface area (Å²) >= 11 is 0. The normalized spacial score (nSPS) is 9.42. The lowest BCUT2D eigenvalue weighted by atomic mass is 10.1. The van der Waals surface area contributed by atoms with E-state index >= 15 is 0 Å². The van der Waals surface area contributed by atoms with Crippen molar-refractivity contribution in [2.45, 2.75) is 6.92 Å². The van der Waals surface area contributed by atoms with E-state index in [2.05, 4.69) is 0 Å². The monoisotopic (exact) mass is 163 g/mol. The Hall–Kier alpha value is -1.64. The summed E-state index contributed by atoms with van der Waals surface area (Å²) in [4.78, 5) is 21.6. The molecule has 0 atom stereocenters. The van der Waals surface area contributed by atoms with E-state index in [0.29, 0.717) is 11.1 Å². The van der Waals surface area contributed by atoms with Gasteiger partial charge in [0.1, 0.15) is 0 Å². The summed E-state index contributed by atoms with van der Waals surface area (Å²) in [5.74, 6) is -0.587. The molecule has 0 radical (unpaired) electrons. The van der Waals surface area contributed by atoms with Gasteiger partial charge in [-0.05, 0) is 19.1 Å². The first-order valence-corrected chi connectivity index (χ1v) is 3.52.